The lowest BCUT2D eigenvalue weighted by Gasteiger charge is -2.20. The quantitative estimate of drug-likeness (QED) is 0.494. The molecule has 1 heterocycles. The maximum atomic E-state index is 12.7. The molecule has 0 bridgehead atoms. The molecule has 0 aliphatic rings. The Bertz CT molecular complexity index is 1060. The molecule has 0 unspecified atom stereocenters. The van der Waals surface area contributed by atoms with Gasteiger partial charge < -0.3 is 15.5 Å². The molecule has 32 heavy (non-hydrogen) atoms. The Balaban J connectivity index is 1.67. The Morgan fingerprint density at radius 3 is 2.09 bits per heavy atom. The first kappa shape index (κ1) is 23.1. The number of nitrogens with one attached hydrogen (secondary N) is 2. The molecular weight excluding hydrogens is 419 g/mol. The SMILES string of the molecule is CCN(CC)c1cc(C)nc(Nc2ccc(NC(=O)c3ccc(C(F)(F)F)cc3)cc2)n1. The van der Waals surface area contributed by atoms with Crippen molar-refractivity contribution in [3.8, 4) is 0 Å². The summed E-state index contributed by atoms with van der Waals surface area (Å²) in [4.78, 5) is 23.4. The number of carbonyl (C=O) groups is 1. The third-order valence-corrected chi connectivity index (χ3v) is 4.80. The summed E-state index contributed by atoms with van der Waals surface area (Å²) in [5.41, 5.74) is 1.41. The first-order valence-electron chi connectivity index (χ1n) is 10.2. The van der Waals surface area contributed by atoms with Crippen molar-refractivity contribution in [2.24, 2.45) is 0 Å². The van der Waals surface area contributed by atoms with Crippen molar-refractivity contribution < 1.29 is 18.0 Å². The van der Waals surface area contributed by atoms with E-state index < -0.39 is 17.6 Å². The molecule has 9 heteroatoms. The zero-order chi connectivity index (χ0) is 23.3. The van der Waals surface area contributed by atoms with E-state index in [1.54, 1.807) is 24.3 Å². The molecule has 6 nitrogen and oxygen atoms in total. The number of anilines is 4. The number of hydrogen-bond acceptors (Lipinski definition) is 5. The lowest BCUT2D eigenvalue weighted by Crippen LogP contribution is -2.23. The maximum absolute atomic E-state index is 12.7. The molecule has 0 aliphatic heterocycles. The van der Waals surface area contributed by atoms with Gasteiger partial charge in [-0.25, -0.2) is 4.98 Å². The van der Waals surface area contributed by atoms with Crippen molar-refractivity contribution in [1.29, 1.82) is 0 Å². The fraction of sp³-hybridized carbons (Fsp3) is 0.261. The van der Waals surface area contributed by atoms with Crippen LogP contribution in [-0.4, -0.2) is 29.0 Å². The number of halogens is 3. The van der Waals surface area contributed by atoms with Gasteiger partial charge >= 0.3 is 6.18 Å². The number of carbonyl (C=O) groups excluding carboxylic acids is 1. The van der Waals surface area contributed by atoms with E-state index in [9.17, 15) is 18.0 Å². The van der Waals surface area contributed by atoms with Crippen LogP contribution < -0.4 is 15.5 Å². The summed E-state index contributed by atoms with van der Waals surface area (Å²) in [6.07, 6.45) is -4.44. The van der Waals surface area contributed by atoms with E-state index in [4.69, 9.17) is 0 Å². The zero-order valence-corrected chi connectivity index (χ0v) is 18.0. The third-order valence-electron chi connectivity index (χ3n) is 4.80. The Hall–Kier alpha value is -3.62. The first-order chi connectivity index (χ1) is 15.2. The van der Waals surface area contributed by atoms with Crippen LogP contribution in [0.25, 0.3) is 0 Å². The molecule has 0 spiro atoms. The second-order valence-corrected chi connectivity index (χ2v) is 7.10. The fourth-order valence-electron chi connectivity index (χ4n) is 3.10. The van der Waals surface area contributed by atoms with E-state index in [2.05, 4.69) is 39.3 Å². The minimum absolute atomic E-state index is 0.136. The molecule has 0 radical (unpaired) electrons. The van der Waals surface area contributed by atoms with Crippen LogP contribution in [0.5, 0.6) is 0 Å². The molecule has 0 saturated heterocycles. The van der Waals surface area contributed by atoms with Crippen LogP contribution in [0.2, 0.25) is 0 Å². The van der Waals surface area contributed by atoms with Gasteiger partial charge in [-0.2, -0.15) is 18.2 Å². The van der Waals surface area contributed by atoms with Crippen LogP contribution >= 0.6 is 0 Å². The summed E-state index contributed by atoms with van der Waals surface area (Å²) in [7, 11) is 0. The molecule has 3 rings (SSSR count). The molecule has 168 valence electrons. The molecule has 0 fully saturated rings. The average Bonchev–Trinajstić information content (AvgIpc) is 2.75. The highest BCUT2D eigenvalue weighted by atomic mass is 19.4. The summed E-state index contributed by atoms with van der Waals surface area (Å²) < 4.78 is 38.0. The number of alkyl halides is 3. The normalized spacial score (nSPS) is 11.2. The smallest absolute Gasteiger partial charge is 0.357 e. The van der Waals surface area contributed by atoms with E-state index >= 15 is 0 Å². The van der Waals surface area contributed by atoms with Gasteiger partial charge in [-0.15, -0.1) is 0 Å². The van der Waals surface area contributed by atoms with E-state index in [1.165, 1.54) is 0 Å². The van der Waals surface area contributed by atoms with Crippen molar-refractivity contribution in [3.05, 3.63) is 71.4 Å². The topological polar surface area (TPSA) is 70.2 Å². The highest BCUT2D eigenvalue weighted by Gasteiger charge is 2.30. The summed E-state index contributed by atoms with van der Waals surface area (Å²) in [5, 5.41) is 5.82. The molecular formula is C23H24F3N5O. The molecule has 0 atom stereocenters. The van der Waals surface area contributed by atoms with Crippen LogP contribution in [0, 0.1) is 6.92 Å². The lowest BCUT2D eigenvalue weighted by atomic mass is 10.1. The van der Waals surface area contributed by atoms with Crippen LogP contribution in [0.15, 0.2) is 54.6 Å². The minimum atomic E-state index is -4.44. The van der Waals surface area contributed by atoms with E-state index in [-0.39, 0.29) is 5.56 Å². The summed E-state index contributed by atoms with van der Waals surface area (Å²) in [6, 6.07) is 12.9. The second kappa shape index (κ2) is 9.67. The Labute approximate surface area is 184 Å². The van der Waals surface area contributed by atoms with Crippen molar-refractivity contribution in [1.82, 2.24) is 9.97 Å². The maximum Gasteiger partial charge on any atom is 0.416 e. The van der Waals surface area contributed by atoms with Crippen molar-refractivity contribution in [2.75, 3.05) is 28.6 Å². The van der Waals surface area contributed by atoms with Crippen LogP contribution in [-0.2, 0) is 6.18 Å². The number of hydrogen-bond donors (Lipinski definition) is 2. The Morgan fingerprint density at radius 1 is 0.938 bits per heavy atom. The predicted octanol–water partition coefficient (Wildman–Crippen LogP) is 5.65. The Kier molecular flexibility index (Phi) is 6.97. The van der Waals surface area contributed by atoms with Gasteiger partial charge in [0, 0.05) is 41.8 Å². The number of benzene rings is 2. The highest BCUT2D eigenvalue weighted by molar-refractivity contribution is 6.04. The van der Waals surface area contributed by atoms with Gasteiger partial charge in [-0.05, 0) is 69.3 Å². The molecule has 1 amide bonds. The van der Waals surface area contributed by atoms with Crippen molar-refractivity contribution >= 4 is 29.0 Å². The molecule has 0 saturated carbocycles. The minimum Gasteiger partial charge on any atom is -0.357 e. The highest BCUT2D eigenvalue weighted by Crippen LogP contribution is 2.29. The number of nitrogens with zero attached hydrogens (tertiary/aromatic N) is 3. The van der Waals surface area contributed by atoms with Gasteiger partial charge in [-0.3, -0.25) is 4.79 Å². The summed E-state index contributed by atoms with van der Waals surface area (Å²) in [6.45, 7) is 7.69. The monoisotopic (exact) mass is 443 g/mol. The molecule has 2 N–H and O–H groups in total. The molecule has 3 aromatic rings. The third kappa shape index (κ3) is 5.75. The van der Waals surface area contributed by atoms with E-state index in [0.717, 1.165) is 54.6 Å². The molecule has 2 aromatic carbocycles. The van der Waals surface area contributed by atoms with Gasteiger partial charge in [0.25, 0.3) is 5.91 Å². The van der Waals surface area contributed by atoms with Gasteiger partial charge in [0.05, 0.1) is 5.56 Å². The van der Waals surface area contributed by atoms with E-state index in [0.29, 0.717) is 11.6 Å². The number of aromatic nitrogens is 2. The van der Waals surface area contributed by atoms with Crippen LogP contribution in [0.3, 0.4) is 0 Å². The summed E-state index contributed by atoms with van der Waals surface area (Å²) in [5.74, 6) is 0.809. The van der Waals surface area contributed by atoms with Gasteiger partial charge in [0.1, 0.15) is 5.82 Å². The van der Waals surface area contributed by atoms with E-state index in [1.807, 2.05) is 13.0 Å². The standard InChI is InChI=1S/C23H24F3N5O/c1-4-31(5-2)20-14-15(3)27-22(30-20)29-19-12-10-18(11-13-19)28-21(32)16-6-8-17(9-7-16)23(24,25)26/h6-14H,4-5H2,1-3H3,(H,28,32)(H,27,29,30). The lowest BCUT2D eigenvalue weighted by molar-refractivity contribution is -0.137. The molecule has 1 aromatic heterocycles. The molecule has 0 aliphatic carbocycles. The van der Waals surface area contributed by atoms with Crippen molar-refractivity contribution in [2.45, 2.75) is 26.9 Å². The predicted molar refractivity (Wildman–Crippen MR) is 119 cm³/mol. The van der Waals surface area contributed by atoms with Crippen LogP contribution in [0.1, 0.15) is 35.5 Å². The van der Waals surface area contributed by atoms with Crippen LogP contribution in [0.4, 0.5) is 36.3 Å². The average molecular weight is 443 g/mol. The summed E-state index contributed by atoms with van der Waals surface area (Å²) >= 11 is 0. The number of rotatable bonds is 7. The second-order valence-electron chi connectivity index (χ2n) is 7.10. The zero-order valence-electron chi connectivity index (χ0n) is 18.0. The van der Waals surface area contributed by atoms with Gasteiger partial charge in [0.2, 0.25) is 5.95 Å². The van der Waals surface area contributed by atoms with Gasteiger partial charge in [-0.1, -0.05) is 0 Å². The number of aryl methyl sites for hydroxylation is 1. The Morgan fingerprint density at radius 2 is 1.53 bits per heavy atom. The van der Waals surface area contributed by atoms with Crippen molar-refractivity contribution in [3.63, 3.8) is 0 Å². The largest absolute Gasteiger partial charge is 0.416 e. The number of amides is 1. The fourth-order valence-corrected chi connectivity index (χ4v) is 3.10. The van der Waals surface area contributed by atoms with Gasteiger partial charge in [0.15, 0.2) is 0 Å². The first-order valence-corrected chi connectivity index (χ1v) is 10.2.